The number of carbonyl (C=O) groups excluding carboxylic acids is 1. The van der Waals surface area contributed by atoms with Crippen LogP contribution in [0.3, 0.4) is 0 Å². The number of benzene rings is 1. The van der Waals surface area contributed by atoms with E-state index < -0.39 is 0 Å². The molecule has 1 saturated heterocycles. The number of anilines is 1. The van der Waals surface area contributed by atoms with Gasteiger partial charge >= 0.3 is 0 Å². The molecule has 1 N–H and O–H groups in total. The maximum absolute atomic E-state index is 12.5. The Morgan fingerprint density at radius 2 is 1.96 bits per heavy atom. The monoisotopic (exact) mass is 359 g/mol. The second kappa shape index (κ2) is 8.47. The first-order chi connectivity index (χ1) is 12.1. The fourth-order valence-electron chi connectivity index (χ4n) is 2.98. The van der Waals surface area contributed by atoms with Crippen molar-refractivity contribution in [1.82, 2.24) is 10.2 Å². The van der Waals surface area contributed by atoms with E-state index in [0.29, 0.717) is 12.1 Å². The lowest BCUT2D eigenvalue weighted by atomic mass is 10.1. The van der Waals surface area contributed by atoms with E-state index in [1.807, 2.05) is 43.3 Å². The van der Waals surface area contributed by atoms with Crippen molar-refractivity contribution < 1.29 is 9.53 Å². The summed E-state index contributed by atoms with van der Waals surface area (Å²) in [7, 11) is 3.98. The van der Waals surface area contributed by atoms with E-state index in [4.69, 9.17) is 4.74 Å². The molecule has 5 nitrogen and oxygen atoms in total. The predicted molar refractivity (Wildman–Crippen MR) is 103 cm³/mol. The average Bonchev–Trinajstić information content (AvgIpc) is 3.17. The Morgan fingerprint density at radius 1 is 1.24 bits per heavy atom. The molecule has 134 valence electrons. The molecule has 25 heavy (non-hydrogen) atoms. The van der Waals surface area contributed by atoms with Crippen LogP contribution < -0.4 is 10.2 Å². The molecule has 0 radical (unpaired) electrons. The zero-order valence-corrected chi connectivity index (χ0v) is 15.6. The first-order valence-electron chi connectivity index (χ1n) is 8.56. The lowest BCUT2D eigenvalue weighted by Gasteiger charge is -2.34. The summed E-state index contributed by atoms with van der Waals surface area (Å²) in [5.41, 5.74) is 1.78. The van der Waals surface area contributed by atoms with Gasteiger partial charge in [0.1, 0.15) is 0 Å². The van der Waals surface area contributed by atoms with Crippen LogP contribution in [0.2, 0.25) is 0 Å². The highest BCUT2D eigenvalue weighted by Gasteiger charge is 2.24. The van der Waals surface area contributed by atoms with Crippen LogP contribution in [-0.2, 0) is 4.74 Å². The minimum Gasteiger partial charge on any atom is -0.379 e. The third kappa shape index (κ3) is 4.60. The Hall–Kier alpha value is -1.89. The van der Waals surface area contributed by atoms with Gasteiger partial charge in [0.15, 0.2) is 0 Å². The molecule has 0 bridgehead atoms. The number of amides is 1. The van der Waals surface area contributed by atoms with Gasteiger partial charge < -0.3 is 15.0 Å². The lowest BCUT2D eigenvalue weighted by molar-refractivity contribution is 0.0169. The summed E-state index contributed by atoms with van der Waals surface area (Å²) in [5.74, 6) is -0.0277. The molecule has 2 heterocycles. The van der Waals surface area contributed by atoms with Crippen molar-refractivity contribution in [1.29, 1.82) is 0 Å². The highest BCUT2D eigenvalue weighted by Crippen LogP contribution is 2.25. The van der Waals surface area contributed by atoms with Gasteiger partial charge in [0, 0.05) is 49.9 Å². The molecule has 1 aliphatic rings. The summed E-state index contributed by atoms with van der Waals surface area (Å²) in [6.07, 6.45) is 0. The van der Waals surface area contributed by atoms with Crippen LogP contribution in [0.4, 0.5) is 5.69 Å². The molecule has 0 saturated carbocycles. The van der Waals surface area contributed by atoms with E-state index >= 15 is 0 Å². The van der Waals surface area contributed by atoms with Gasteiger partial charge in [0.2, 0.25) is 0 Å². The molecule has 1 fully saturated rings. The molecule has 1 aliphatic heterocycles. The zero-order valence-electron chi connectivity index (χ0n) is 14.8. The molecule has 1 amide bonds. The maximum atomic E-state index is 12.5. The molecule has 0 spiro atoms. The minimum absolute atomic E-state index is 0.0277. The first kappa shape index (κ1) is 17.9. The van der Waals surface area contributed by atoms with Crippen LogP contribution in [0.15, 0.2) is 41.8 Å². The summed E-state index contributed by atoms with van der Waals surface area (Å²) in [6, 6.07) is 12.1. The van der Waals surface area contributed by atoms with Crippen molar-refractivity contribution >= 4 is 22.9 Å². The van der Waals surface area contributed by atoms with Gasteiger partial charge in [-0.15, -0.1) is 11.3 Å². The zero-order chi connectivity index (χ0) is 17.6. The Labute approximate surface area is 153 Å². The fraction of sp³-hybridized carbons (Fsp3) is 0.421. The second-order valence-electron chi connectivity index (χ2n) is 6.33. The van der Waals surface area contributed by atoms with Crippen molar-refractivity contribution in [3.63, 3.8) is 0 Å². The van der Waals surface area contributed by atoms with Crippen LogP contribution in [0.25, 0.3) is 0 Å². The highest BCUT2D eigenvalue weighted by molar-refractivity contribution is 7.10. The van der Waals surface area contributed by atoms with Gasteiger partial charge in [0.05, 0.1) is 19.3 Å². The second-order valence-corrected chi connectivity index (χ2v) is 7.31. The maximum Gasteiger partial charge on any atom is 0.251 e. The van der Waals surface area contributed by atoms with Crippen LogP contribution >= 0.6 is 11.3 Å². The van der Waals surface area contributed by atoms with E-state index in [1.54, 1.807) is 11.3 Å². The molecule has 2 aromatic rings. The standard InChI is InChI=1S/C19H25N3O2S/c1-21(2)16-7-5-15(6-8-16)19(23)20-14-17(18-4-3-13-25-18)22-9-11-24-12-10-22/h3-8,13,17H,9-12,14H2,1-2H3,(H,20,23)/t17-/m0/s1. The van der Waals surface area contributed by atoms with Gasteiger partial charge in [-0.2, -0.15) is 0 Å². The summed E-state index contributed by atoms with van der Waals surface area (Å²) >= 11 is 1.74. The molecule has 3 rings (SSSR count). The Balaban J connectivity index is 1.64. The normalized spacial score (nSPS) is 16.4. The van der Waals surface area contributed by atoms with Crippen molar-refractivity contribution in [3.8, 4) is 0 Å². The minimum atomic E-state index is -0.0277. The summed E-state index contributed by atoms with van der Waals surface area (Å²) < 4.78 is 5.46. The topological polar surface area (TPSA) is 44.8 Å². The molecule has 6 heteroatoms. The van der Waals surface area contributed by atoms with Crippen LogP contribution in [0.1, 0.15) is 21.3 Å². The number of hydrogen-bond donors (Lipinski definition) is 1. The van der Waals surface area contributed by atoms with Gasteiger partial charge in [-0.05, 0) is 35.7 Å². The van der Waals surface area contributed by atoms with Crippen molar-refractivity contribution in [3.05, 3.63) is 52.2 Å². The molecular weight excluding hydrogens is 334 g/mol. The number of nitrogens with zero attached hydrogens (tertiary/aromatic N) is 2. The number of nitrogens with one attached hydrogen (secondary N) is 1. The molecular formula is C19H25N3O2S. The number of thiophene rings is 1. The number of rotatable bonds is 6. The summed E-state index contributed by atoms with van der Waals surface area (Å²) in [5, 5.41) is 5.19. The van der Waals surface area contributed by atoms with Crippen LogP contribution in [0, 0.1) is 0 Å². The molecule has 0 aliphatic carbocycles. The number of hydrogen-bond acceptors (Lipinski definition) is 5. The Morgan fingerprint density at radius 3 is 2.56 bits per heavy atom. The van der Waals surface area contributed by atoms with Gasteiger partial charge in [-0.3, -0.25) is 9.69 Å². The van der Waals surface area contributed by atoms with Gasteiger partial charge in [0.25, 0.3) is 5.91 Å². The third-order valence-electron chi connectivity index (χ3n) is 4.46. The quantitative estimate of drug-likeness (QED) is 0.861. The molecule has 1 aromatic carbocycles. The SMILES string of the molecule is CN(C)c1ccc(C(=O)NC[C@@H](c2cccs2)N2CCOCC2)cc1. The lowest BCUT2D eigenvalue weighted by Crippen LogP contribution is -2.43. The van der Waals surface area contributed by atoms with E-state index in [2.05, 4.69) is 27.7 Å². The van der Waals surface area contributed by atoms with Crippen LogP contribution in [0.5, 0.6) is 0 Å². The largest absolute Gasteiger partial charge is 0.379 e. The average molecular weight is 359 g/mol. The summed E-state index contributed by atoms with van der Waals surface area (Å²) in [4.78, 5) is 18.2. The fourth-order valence-corrected chi connectivity index (χ4v) is 3.84. The Bertz CT molecular complexity index is 664. The van der Waals surface area contributed by atoms with E-state index in [9.17, 15) is 4.79 Å². The van der Waals surface area contributed by atoms with E-state index in [0.717, 1.165) is 32.0 Å². The van der Waals surface area contributed by atoms with Crippen LogP contribution in [-0.4, -0.2) is 57.8 Å². The molecule has 0 unspecified atom stereocenters. The van der Waals surface area contributed by atoms with Crippen molar-refractivity contribution in [2.45, 2.75) is 6.04 Å². The number of ether oxygens (including phenoxy) is 1. The summed E-state index contributed by atoms with van der Waals surface area (Å²) in [6.45, 7) is 3.91. The Kier molecular flexibility index (Phi) is 6.07. The highest BCUT2D eigenvalue weighted by atomic mass is 32.1. The number of carbonyl (C=O) groups is 1. The van der Waals surface area contributed by atoms with Crippen molar-refractivity contribution in [2.24, 2.45) is 0 Å². The third-order valence-corrected chi connectivity index (χ3v) is 5.43. The van der Waals surface area contributed by atoms with E-state index in [1.165, 1.54) is 4.88 Å². The predicted octanol–water partition coefficient (Wildman–Crippen LogP) is 2.62. The molecule has 1 aromatic heterocycles. The van der Waals surface area contributed by atoms with E-state index in [-0.39, 0.29) is 11.9 Å². The number of morpholine rings is 1. The van der Waals surface area contributed by atoms with Crippen molar-refractivity contribution in [2.75, 3.05) is 51.8 Å². The van der Waals surface area contributed by atoms with Gasteiger partial charge in [-0.1, -0.05) is 6.07 Å². The molecule has 1 atom stereocenters. The van der Waals surface area contributed by atoms with Gasteiger partial charge in [-0.25, -0.2) is 0 Å². The smallest absolute Gasteiger partial charge is 0.251 e. The first-order valence-corrected chi connectivity index (χ1v) is 9.44.